The van der Waals surface area contributed by atoms with Gasteiger partial charge in [-0.15, -0.1) is 0 Å². The van der Waals surface area contributed by atoms with Gasteiger partial charge in [0.15, 0.2) is 0 Å². The van der Waals surface area contributed by atoms with Crippen LogP contribution >= 0.6 is 31.9 Å². The van der Waals surface area contributed by atoms with Crippen molar-refractivity contribution < 1.29 is 4.79 Å². The van der Waals surface area contributed by atoms with Gasteiger partial charge < -0.3 is 11.1 Å². The SMILES string of the molecule is NC(=O)CNCc1ccc(Br)c(Br)c1. The quantitative estimate of drug-likeness (QED) is 0.888. The molecule has 1 aromatic carbocycles. The summed E-state index contributed by atoms with van der Waals surface area (Å²) in [7, 11) is 0. The molecule has 0 atom stereocenters. The lowest BCUT2D eigenvalue weighted by molar-refractivity contribution is -0.117. The number of carbonyl (C=O) groups is 1. The van der Waals surface area contributed by atoms with E-state index in [0.29, 0.717) is 6.54 Å². The Hall–Kier alpha value is -0.390. The van der Waals surface area contributed by atoms with E-state index in [9.17, 15) is 4.79 Å². The Morgan fingerprint density at radius 1 is 1.36 bits per heavy atom. The van der Waals surface area contributed by atoms with Gasteiger partial charge in [-0.1, -0.05) is 6.07 Å². The fourth-order valence-electron chi connectivity index (χ4n) is 0.980. The van der Waals surface area contributed by atoms with E-state index < -0.39 is 0 Å². The second-order valence-electron chi connectivity index (χ2n) is 2.82. The van der Waals surface area contributed by atoms with Crippen LogP contribution < -0.4 is 11.1 Å². The summed E-state index contributed by atoms with van der Waals surface area (Å²) < 4.78 is 2.01. The molecule has 0 aliphatic rings. The van der Waals surface area contributed by atoms with Crippen LogP contribution in [0.25, 0.3) is 0 Å². The van der Waals surface area contributed by atoms with Gasteiger partial charge in [0.05, 0.1) is 6.54 Å². The highest BCUT2D eigenvalue weighted by molar-refractivity contribution is 9.13. The third-order valence-electron chi connectivity index (χ3n) is 1.61. The highest BCUT2D eigenvalue weighted by atomic mass is 79.9. The molecule has 5 heteroatoms. The van der Waals surface area contributed by atoms with Gasteiger partial charge in [0, 0.05) is 15.5 Å². The van der Waals surface area contributed by atoms with Crippen LogP contribution in [0.2, 0.25) is 0 Å². The summed E-state index contributed by atoms with van der Waals surface area (Å²) in [6.45, 7) is 0.836. The van der Waals surface area contributed by atoms with Crippen molar-refractivity contribution in [1.29, 1.82) is 0 Å². The van der Waals surface area contributed by atoms with Gasteiger partial charge in [-0.25, -0.2) is 0 Å². The Balaban J connectivity index is 2.51. The van der Waals surface area contributed by atoms with Gasteiger partial charge in [0.1, 0.15) is 0 Å². The van der Waals surface area contributed by atoms with E-state index in [2.05, 4.69) is 37.2 Å². The molecule has 0 radical (unpaired) electrons. The van der Waals surface area contributed by atoms with E-state index in [1.807, 2.05) is 18.2 Å². The number of rotatable bonds is 4. The van der Waals surface area contributed by atoms with Gasteiger partial charge in [-0.2, -0.15) is 0 Å². The molecule has 3 N–H and O–H groups in total. The van der Waals surface area contributed by atoms with Crippen LogP contribution in [0.3, 0.4) is 0 Å². The van der Waals surface area contributed by atoms with Gasteiger partial charge in [-0.3, -0.25) is 4.79 Å². The molecule has 0 aliphatic carbocycles. The van der Waals surface area contributed by atoms with Crippen LogP contribution in [0.5, 0.6) is 0 Å². The Morgan fingerprint density at radius 3 is 2.64 bits per heavy atom. The van der Waals surface area contributed by atoms with Crippen molar-refractivity contribution in [2.24, 2.45) is 5.73 Å². The lowest BCUT2D eigenvalue weighted by atomic mass is 10.2. The maximum atomic E-state index is 10.5. The summed E-state index contributed by atoms with van der Waals surface area (Å²) in [6, 6.07) is 5.91. The van der Waals surface area contributed by atoms with Gasteiger partial charge in [0.25, 0.3) is 0 Å². The first-order chi connectivity index (χ1) is 6.59. The molecular formula is C9H10Br2N2O. The highest BCUT2D eigenvalue weighted by Gasteiger charge is 1.99. The van der Waals surface area contributed by atoms with Crippen LogP contribution in [0.1, 0.15) is 5.56 Å². The lowest BCUT2D eigenvalue weighted by Gasteiger charge is -2.04. The first kappa shape index (κ1) is 11.7. The van der Waals surface area contributed by atoms with E-state index in [4.69, 9.17) is 5.73 Å². The van der Waals surface area contributed by atoms with E-state index in [1.165, 1.54) is 0 Å². The number of nitrogens with one attached hydrogen (secondary N) is 1. The fraction of sp³-hybridized carbons (Fsp3) is 0.222. The smallest absolute Gasteiger partial charge is 0.231 e. The minimum Gasteiger partial charge on any atom is -0.369 e. The third-order valence-corrected chi connectivity index (χ3v) is 3.49. The minimum atomic E-state index is -0.346. The number of hydrogen-bond acceptors (Lipinski definition) is 2. The van der Waals surface area contributed by atoms with E-state index in [1.54, 1.807) is 0 Å². The van der Waals surface area contributed by atoms with Gasteiger partial charge in [-0.05, 0) is 49.6 Å². The fourth-order valence-corrected chi connectivity index (χ4v) is 1.65. The maximum absolute atomic E-state index is 10.5. The van der Waals surface area contributed by atoms with Crippen molar-refractivity contribution in [3.8, 4) is 0 Å². The molecule has 0 aliphatic heterocycles. The van der Waals surface area contributed by atoms with Crippen molar-refractivity contribution in [3.63, 3.8) is 0 Å². The maximum Gasteiger partial charge on any atom is 0.231 e. The van der Waals surface area contributed by atoms with E-state index >= 15 is 0 Å². The van der Waals surface area contributed by atoms with Crippen molar-refractivity contribution in [2.45, 2.75) is 6.54 Å². The Labute approximate surface area is 99.3 Å². The van der Waals surface area contributed by atoms with Crippen LogP contribution in [0.15, 0.2) is 27.1 Å². The third kappa shape index (κ3) is 3.77. The molecule has 1 rings (SSSR count). The van der Waals surface area contributed by atoms with Crippen molar-refractivity contribution in [3.05, 3.63) is 32.7 Å². The summed E-state index contributed by atoms with van der Waals surface area (Å²) in [5, 5.41) is 2.94. The zero-order chi connectivity index (χ0) is 10.6. The molecule has 0 spiro atoms. The van der Waals surface area contributed by atoms with Crippen molar-refractivity contribution in [2.75, 3.05) is 6.54 Å². The topological polar surface area (TPSA) is 55.1 Å². The van der Waals surface area contributed by atoms with Crippen LogP contribution in [-0.4, -0.2) is 12.5 Å². The molecule has 76 valence electrons. The summed E-state index contributed by atoms with van der Waals surface area (Å²) in [4.78, 5) is 10.5. The molecule has 0 saturated heterocycles. The molecule has 14 heavy (non-hydrogen) atoms. The average Bonchev–Trinajstić information content (AvgIpc) is 2.10. The number of hydrogen-bond donors (Lipinski definition) is 2. The summed E-state index contributed by atoms with van der Waals surface area (Å²) in [5.41, 5.74) is 6.09. The standard InChI is InChI=1S/C9H10Br2N2O/c10-7-2-1-6(3-8(7)11)4-13-5-9(12)14/h1-3,13H,4-5H2,(H2,12,14). The number of nitrogens with two attached hydrogens (primary N) is 1. The number of halogens is 2. The molecule has 0 fully saturated rings. The zero-order valence-corrected chi connectivity index (χ0v) is 10.6. The minimum absolute atomic E-state index is 0.202. The normalized spacial score (nSPS) is 10.1. The molecule has 0 bridgehead atoms. The Kier molecular flexibility index (Phi) is 4.57. The van der Waals surface area contributed by atoms with Crippen LogP contribution in [-0.2, 0) is 11.3 Å². The van der Waals surface area contributed by atoms with Gasteiger partial charge >= 0.3 is 0 Å². The number of amides is 1. The predicted octanol–water partition coefficient (Wildman–Crippen LogP) is 1.79. The predicted molar refractivity (Wildman–Crippen MR) is 62.7 cm³/mol. The summed E-state index contributed by atoms with van der Waals surface area (Å²) in [5.74, 6) is -0.346. The molecule has 0 saturated carbocycles. The Morgan fingerprint density at radius 2 is 2.07 bits per heavy atom. The Bertz CT molecular complexity index is 342. The highest BCUT2D eigenvalue weighted by Crippen LogP contribution is 2.23. The van der Waals surface area contributed by atoms with Gasteiger partial charge in [0.2, 0.25) is 5.91 Å². The van der Waals surface area contributed by atoms with Crippen LogP contribution in [0.4, 0.5) is 0 Å². The molecule has 3 nitrogen and oxygen atoms in total. The molecule has 1 amide bonds. The zero-order valence-electron chi connectivity index (χ0n) is 7.39. The van der Waals surface area contributed by atoms with Crippen molar-refractivity contribution >= 4 is 37.8 Å². The second kappa shape index (κ2) is 5.48. The first-order valence-corrected chi connectivity index (χ1v) is 5.61. The summed E-state index contributed by atoms with van der Waals surface area (Å²) in [6.07, 6.45) is 0. The number of primary amides is 1. The molecular weight excluding hydrogens is 312 g/mol. The molecule has 0 heterocycles. The largest absolute Gasteiger partial charge is 0.369 e. The van der Waals surface area contributed by atoms with E-state index in [0.717, 1.165) is 14.5 Å². The van der Waals surface area contributed by atoms with Crippen molar-refractivity contribution in [1.82, 2.24) is 5.32 Å². The summed E-state index contributed by atoms with van der Waals surface area (Å²) >= 11 is 6.78. The molecule has 1 aromatic rings. The second-order valence-corrected chi connectivity index (χ2v) is 4.53. The molecule has 0 unspecified atom stereocenters. The lowest BCUT2D eigenvalue weighted by Crippen LogP contribution is -2.28. The first-order valence-electron chi connectivity index (χ1n) is 4.02. The number of carbonyl (C=O) groups excluding carboxylic acids is 1. The molecule has 0 aromatic heterocycles. The van der Waals surface area contributed by atoms with Crippen LogP contribution in [0, 0.1) is 0 Å². The number of benzene rings is 1. The average molecular weight is 322 g/mol. The monoisotopic (exact) mass is 320 g/mol. The van der Waals surface area contributed by atoms with E-state index in [-0.39, 0.29) is 12.5 Å².